The van der Waals surface area contributed by atoms with Gasteiger partial charge in [0.1, 0.15) is 0 Å². The summed E-state index contributed by atoms with van der Waals surface area (Å²) < 4.78 is 1.67. The Hall–Kier alpha value is -2.10. The van der Waals surface area contributed by atoms with Crippen molar-refractivity contribution in [2.24, 2.45) is 7.05 Å². The number of hydrogen-bond donors (Lipinski definition) is 1. The van der Waals surface area contributed by atoms with Crippen LogP contribution in [0.25, 0.3) is 0 Å². The molecule has 1 radical (unpaired) electrons. The van der Waals surface area contributed by atoms with Gasteiger partial charge in [0.2, 0.25) is 0 Å². The van der Waals surface area contributed by atoms with E-state index in [1.165, 1.54) is 0 Å². The minimum atomic E-state index is -0.220. The van der Waals surface area contributed by atoms with E-state index >= 15 is 0 Å². The average Bonchev–Trinajstić information content (AvgIpc) is 2.66. The molecule has 0 bridgehead atoms. The number of anilines is 1. The molecule has 0 aliphatic carbocycles. The van der Waals surface area contributed by atoms with Gasteiger partial charge in [0.25, 0.3) is 5.91 Å². The van der Waals surface area contributed by atoms with Gasteiger partial charge in [-0.05, 0) is 18.2 Å². The van der Waals surface area contributed by atoms with Gasteiger partial charge in [0.05, 0.1) is 0 Å². The van der Waals surface area contributed by atoms with Crippen LogP contribution < -0.4 is 5.32 Å². The first kappa shape index (κ1) is 9.45. The Labute approximate surface area is 87.6 Å². The molecule has 0 fully saturated rings. The second-order valence-corrected chi connectivity index (χ2v) is 3.11. The molecule has 2 aromatic rings. The van der Waals surface area contributed by atoms with Crippen molar-refractivity contribution in [3.8, 4) is 0 Å². The summed E-state index contributed by atoms with van der Waals surface area (Å²) >= 11 is 0. The Morgan fingerprint density at radius 3 is 3.07 bits per heavy atom. The first-order valence-corrected chi connectivity index (χ1v) is 4.52. The molecule has 0 aliphatic rings. The standard InChI is InChI=1S/C11H10N3O/c1-14-8-7-12-10(14)11(15)13-9-5-3-2-4-6-9/h2-3,5-8H,1H3,(H,13,15). The average molecular weight is 200 g/mol. The highest BCUT2D eigenvalue weighted by Gasteiger charge is 2.09. The van der Waals surface area contributed by atoms with Gasteiger partial charge in [-0.1, -0.05) is 12.1 Å². The fraction of sp³-hybridized carbons (Fsp3) is 0.0909. The monoisotopic (exact) mass is 200 g/mol. The van der Waals surface area contributed by atoms with Gasteiger partial charge in [-0.2, -0.15) is 0 Å². The molecule has 1 aromatic heterocycles. The number of nitrogens with zero attached hydrogens (tertiary/aromatic N) is 2. The SMILES string of the molecule is Cn1ccnc1C(=O)Nc1c[c]ccc1. The van der Waals surface area contributed by atoms with E-state index in [4.69, 9.17) is 0 Å². The Kier molecular flexibility index (Phi) is 2.49. The zero-order valence-electron chi connectivity index (χ0n) is 8.27. The topological polar surface area (TPSA) is 46.9 Å². The maximum atomic E-state index is 11.7. The highest BCUT2D eigenvalue weighted by Crippen LogP contribution is 2.06. The van der Waals surface area contributed by atoms with E-state index in [1.54, 1.807) is 42.2 Å². The van der Waals surface area contributed by atoms with Crippen molar-refractivity contribution < 1.29 is 4.79 Å². The molecule has 0 unspecified atom stereocenters. The number of amides is 1. The second-order valence-electron chi connectivity index (χ2n) is 3.11. The Bertz CT molecular complexity index is 462. The molecule has 4 heteroatoms. The number of carbonyl (C=O) groups excluding carboxylic acids is 1. The van der Waals surface area contributed by atoms with Crippen LogP contribution in [0, 0.1) is 6.07 Å². The third-order valence-corrected chi connectivity index (χ3v) is 1.99. The van der Waals surface area contributed by atoms with Crippen LogP contribution in [0.1, 0.15) is 10.6 Å². The van der Waals surface area contributed by atoms with Crippen LogP contribution in [-0.4, -0.2) is 15.5 Å². The summed E-state index contributed by atoms with van der Waals surface area (Å²) in [6, 6.07) is 9.98. The Balaban J connectivity index is 2.15. The van der Waals surface area contributed by atoms with E-state index < -0.39 is 0 Å². The van der Waals surface area contributed by atoms with Crippen molar-refractivity contribution in [2.75, 3.05) is 5.32 Å². The summed E-state index contributed by atoms with van der Waals surface area (Å²) in [5.41, 5.74) is 0.713. The smallest absolute Gasteiger partial charge is 0.291 e. The van der Waals surface area contributed by atoms with Crippen LogP contribution in [-0.2, 0) is 7.05 Å². The van der Waals surface area contributed by atoms with Gasteiger partial charge in [-0.3, -0.25) is 4.79 Å². The predicted molar refractivity (Wildman–Crippen MR) is 56.4 cm³/mol. The lowest BCUT2D eigenvalue weighted by atomic mass is 10.3. The molecule has 1 heterocycles. The molecule has 1 amide bonds. The number of imidazole rings is 1. The number of nitrogens with one attached hydrogen (secondary N) is 1. The summed E-state index contributed by atoms with van der Waals surface area (Å²) in [6.45, 7) is 0. The number of hydrogen-bond acceptors (Lipinski definition) is 2. The van der Waals surface area contributed by atoms with Crippen LogP contribution in [0.15, 0.2) is 36.7 Å². The minimum Gasteiger partial charge on any atom is -0.330 e. The zero-order valence-corrected chi connectivity index (χ0v) is 8.27. The van der Waals surface area contributed by atoms with E-state index in [0.717, 1.165) is 0 Å². The fourth-order valence-corrected chi connectivity index (χ4v) is 1.24. The molecule has 2 rings (SSSR count). The third-order valence-electron chi connectivity index (χ3n) is 1.99. The number of rotatable bonds is 2. The van der Waals surface area contributed by atoms with E-state index in [0.29, 0.717) is 11.5 Å². The molecule has 0 spiro atoms. The lowest BCUT2D eigenvalue weighted by Crippen LogP contribution is -2.16. The van der Waals surface area contributed by atoms with Gasteiger partial charge in [0, 0.05) is 25.1 Å². The summed E-state index contributed by atoms with van der Waals surface area (Å²) in [7, 11) is 1.78. The van der Waals surface area contributed by atoms with Gasteiger partial charge in [0.15, 0.2) is 5.82 Å². The first-order chi connectivity index (χ1) is 7.27. The van der Waals surface area contributed by atoms with Crippen LogP contribution in [0.4, 0.5) is 5.69 Å². The van der Waals surface area contributed by atoms with Gasteiger partial charge >= 0.3 is 0 Å². The van der Waals surface area contributed by atoms with Crippen LogP contribution in [0.5, 0.6) is 0 Å². The molecule has 0 saturated carbocycles. The van der Waals surface area contributed by atoms with Gasteiger partial charge in [-0.25, -0.2) is 4.98 Å². The summed E-state index contributed by atoms with van der Waals surface area (Å²) in [5.74, 6) is 0.168. The summed E-state index contributed by atoms with van der Waals surface area (Å²) in [4.78, 5) is 15.6. The molecule has 15 heavy (non-hydrogen) atoms. The quantitative estimate of drug-likeness (QED) is 0.798. The normalized spacial score (nSPS) is 9.93. The molecule has 75 valence electrons. The maximum Gasteiger partial charge on any atom is 0.291 e. The third kappa shape index (κ3) is 2.04. The van der Waals surface area contributed by atoms with E-state index in [9.17, 15) is 4.79 Å². The van der Waals surface area contributed by atoms with Gasteiger partial charge in [-0.15, -0.1) is 0 Å². The van der Waals surface area contributed by atoms with Crippen molar-refractivity contribution in [1.82, 2.24) is 9.55 Å². The second kappa shape index (κ2) is 3.96. The largest absolute Gasteiger partial charge is 0.330 e. The molecule has 0 saturated heterocycles. The lowest BCUT2D eigenvalue weighted by molar-refractivity contribution is 0.101. The number of aromatic nitrogens is 2. The van der Waals surface area contributed by atoms with Crippen molar-refractivity contribution in [2.45, 2.75) is 0 Å². The maximum absolute atomic E-state index is 11.7. The molecular formula is C11H10N3O. The van der Waals surface area contributed by atoms with Crippen molar-refractivity contribution in [3.05, 3.63) is 48.5 Å². The Morgan fingerprint density at radius 1 is 1.60 bits per heavy atom. The number of carbonyl (C=O) groups is 1. The number of benzene rings is 1. The minimum absolute atomic E-state index is 0.220. The van der Waals surface area contributed by atoms with E-state index in [2.05, 4.69) is 16.4 Å². The first-order valence-electron chi connectivity index (χ1n) is 4.52. The van der Waals surface area contributed by atoms with Gasteiger partial charge < -0.3 is 9.88 Å². The van der Waals surface area contributed by atoms with E-state index in [-0.39, 0.29) is 5.91 Å². The highest BCUT2D eigenvalue weighted by atomic mass is 16.2. The predicted octanol–water partition coefficient (Wildman–Crippen LogP) is 1.47. The summed E-state index contributed by atoms with van der Waals surface area (Å²) in [5, 5.41) is 2.73. The molecule has 1 aromatic carbocycles. The van der Waals surface area contributed by atoms with Crippen molar-refractivity contribution in [3.63, 3.8) is 0 Å². The molecule has 4 nitrogen and oxygen atoms in total. The molecular weight excluding hydrogens is 190 g/mol. The lowest BCUT2D eigenvalue weighted by Gasteiger charge is -2.03. The highest BCUT2D eigenvalue weighted by molar-refractivity contribution is 6.01. The fourth-order valence-electron chi connectivity index (χ4n) is 1.24. The van der Waals surface area contributed by atoms with Crippen LogP contribution >= 0.6 is 0 Å². The molecule has 0 aliphatic heterocycles. The van der Waals surface area contributed by atoms with Crippen molar-refractivity contribution >= 4 is 11.6 Å². The summed E-state index contributed by atoms with van der Waals surface area (Å²) in [6.07, 6.45) is 3.32. The van der Waals surface area contributed by atoms with E-state index in [1.807, 2.05) is 6.07 Å². The van der Waals surface area contributed by atoms with Crippen LogP contribution in [0.2, 0.25) is 0 Å². The Morgan fingerprint density at radius 2 is 2.47 bits per heavy atom. The van der Waals surface area contributed by atoms with Crippen LogP contribution in [0.3, 0.4) is 0 Å². The molecule has 0 atom stereocenters. The number of aryl methyl sites for hydroxylation is 1. The van der Waals surface area contributed by atoms with Crippen molar-refractivity contribution in [1.29, 1.82) is 0 Å². The zero-order chi connectivity index (χ0) is 10.7. The molecule has 1 N–H and O–H groups in total.